The zero-order chi connectivity index (χ0) is 22.3. The van der Waals surface area contributed by atoms with Crippen LogP contribution in [0.25, 0.3) is 33.2 Å². The van der Waals surface area contributed by atoms with Gasteiger partial charge in [-0.25, -0.2) is 14.6 Å². The summed E-state index contributed by atoms with van der Waals surface area (Å²) in [5.41, 5.74) is 8.96. The molecule has 0 radical (unpaired) electrons. The first-order valence-electron chi connectivity index (χ1n) is 9.86. The largest absolute Gasteiger partial charge is 0.492 e. The van der Waals surface area contributed by atoms with Gasteiger partial charge in [0, 0.05) is 35.2 Å². The molecule has 8 nitrogen and oxygen atoms in total. The number of benzene rings is 1. The van der Waals surface area contributed by atoms with Crippen LogP contribution in [0.15, 0.2) is 36.9 Å². The van der Waals surface area contributed by atoms with Gasteiger partial charge in [-0.3, -0.25) is 4.68 Å². The van der Waals surface area contributed by atoms with E-state index in [0.29, 0.717) is 42.6 Å². The van der Waals surface area contributed by atoms with Gasteiger partial charge in [-0.2, -0.15) is 23.4 Å². The number of rotatable bonds is 5. The highest BCUT2D eigenvalue weighted by atomic mass is 32.1. The summed E-state index contributed by atoms with van der Waals surface area (Å²) in [6, 6.07) is 5.80. The fourth-order valence-electron chi connectivity index (χ4n) is 3.58. The molecule has 12 heteroatoms. The molecule has 4 aromatic rings. The van der Waals surface area contributed by atoms with Gasteiger partial charge in [0.25, 0.3) is 0 Å². The zero-order valence-corrected chi connectivity index (χ0v) is 17.5. The number of thiazole rings is 1. The number of hydrogen-bond donors (Lipinski definition) is 1. The highest BCUT2D eigenvalue weighted by molar-refractivity contribution is 7.15. The molecule has 32 heavy (non-hydrogen) atoms. The molecule has 0 atom stereocenters. The SMILES string of the molecule is NCCn1cc(-c2ccc3c(c2)OCCc2sc(-c4ncnn4CC(F)(F)F)nc2-3)cn1. The van der Waals surface area contributed by atoms with Crippen LogP contribution in [-0.4, -0.2) is 48.9 Å². The Morgan fingerprint density at radius 2 is 2.06 bits per heavy atom. The summed E-state index contributed by atoms with van der Waals surface area (Å²) in [6.07, 6.45) is 1.01. The molecule has 0 bridgehead atoms. The molecule has 1 aliphatic rings. The molecule has 4 heterocycles. The average molecular weight is 461 g/mol. The number of hydrogen-bond acceptors (Lipinski definition) is 7. The van der Waals surface area contributed by atoms with Crippen molar-refractivity contribution in [2.75, 3.05) is 13.2 Å². The quantitative estimate of drug-likeness (QED) is 0.490. The van der Waals surface area contributed by atoms with Crippen LogP contribution < -0.4 is 10.5 Å². The van der Waals surface area contributed by atoms with Crippen LogP contribution in [0.1, 0.15) is 4.88 Å². The summed E-state index contributed by atoms with van der Waals surface area (Å²) in [6.45, 7) is 0.353. The topological polar surface area (TPSA) is 96.7 Å². The van der Waals surface area contributed by atoms with E-state index >= 15 is 0 Å². The van der Waals surface area contributed by atoms with Crippen molar-refractivity contribution in [3.8, 4) is 39.0 Å². The molecule has 3 aromatic heterocycles. The Hall–Kier alpha value is -3.25. The predicted molar refractivity (Wildman–Crippen MR) is 112 cm³/mol. The van der Waals surface area contributed by atoms with Crippen molar-refractivity contribution in [2.24, 2.45) is 5.73 Å². The lowest BCUT2D eigenvalue weighted by molar-refractivity contribution is -0.142. The first-order valence-corrected chi connectivity index (χ1v) is 10.7. The molecule has 0 saturated carbocycles. The fraction of sp³-hybridized carbons (Fsp3) is 0.300. The van der Waals surface area contributed by atoms with Gasteiger partial charge >= 0.3 is 6.18 Å². The fourth-order valence-corrected chi connectivity index (χ4v) is 4.64. The lowest BCUT2D eigenvalue weighted by atomic mass is 10.0. The number of aromatic nitrogens is 6. The molecule has 1 aromatic carbocycles. The van der Waals surface area contributed by atoms with Crippen molar-refractivity contribution in [3.63, 3.8) is 0 Å². The van der Waals surface area contributed by atoms with E-state index in [2.05, 4.69) is 20.2 Å². The van der Waals surface area contributed by atoms with Crippen molar-refractivity contribution in [3.05, 3.63) is 41.8 Å². The van der Waals surface area contributed by atoms with Crippen LogP contribution in [-0.2, 0) is 19.5 Å². The van der Waals surface area contributed by atoms with Crippen molar-refractivity contribution >= 4 is 11.3 Å². The first kappa shape index (κ1) is 20.6. The van der Waals surface area contributed by atoms with E-state index in [9.17, 15) is 13.2 Å². The van der Waals surface area contributed by atoms with Crippen LogP contribution in [0.5, 0.6) is 5.75 Å². The molecule has 166 valence electrons. The number of ether oxygens (including phenoxy) is 1. The van der Waals surface area contributed by atoms with Crippen LogP contribution in [0.3, 0.4) is 0 Å². The first-order chi connectivity index (χ1) is 15.4. The van der Waals surface area contributed by atoms with Gasteiger partial charge in [0.2, 0.25) is 0 Å². The van der Waals surface area contributed by atoms with Gasteiger partial charge in [-0.05, 0) is 17.7 Å². The summed E-state index contributed by atoms with van der Waals surface area (Å²) in [7, 11) is 0. The second-order valence-corrected chi connectivity index (χ2v) is 8.32. The lowest BCUT2D eigenvalue weighted by Crippen LogP contribution is -2.19. The van der Waals surface area contributed by atoms with Crippen LogP contribution in [0.4, 0.5) is 13.2 Å². The monoisotopic (exact) mass is 461 g/mol. The molecule has 0 fully saturated rings. The summed E-state index contributed by atoms with van der Waals surface area (Å²) in [5.74, 6) is 0.772. The number of nitrogens with two attached hydrogens (primary N) is 1. The highest BCUT2D eigenvalue weighted by Gasteiger charge is 2.31. The van der Waals surface area contributed by atoms with Crippen LogP contribution >= 0.6 is 11.3 Å². The number of alkyl halides is 3. The van der Waals surface area contributed by atoms with Gasteiger partial charge in [0.1, 0.15) is 18.6 Å². The van der Waals surface area contributed by atoms with E-state index in [4.69, 9.17) is 10.5 Å². The Bertz CT molecular complexity index is 1260. The summed E-state index contributed by atoms with van der Waals surface area (Å²) in [5, 5.41) is 8.42. The molecule has 0 saturated heterocycles. The molecule has 1 aliphatic heterocycles. The van der Waals surface area contributed by atoms with Gasteiger partial charge in [-0.1, -0.05) is 6.07 Å². The maximum atomic E-state index is 12.9. The van der Waals surface area contributed by atoms with E-state index in [0.717, 1.165) is 32.6 Å². The van der Waals surface area contributed by atoms with E-state index in [-0.39, 0.29) is 5.82 Å². The second-order valence-electron chi connectivity index (χ2n) is 7.24. The van der Waals surface area contributed by atoms with Gasteiger partial charge in [-0.15, -0.1) is 11.3 Å². The zero-order valence-electron chi connectivity index (χ0n) is 16.7. The third kappa shape index (κ3) is 3.98. The summed E-state index contributed by atoms with van der Waals surface area (Å²) >= 11 is 1.31. The Morgan fingerprint density at radius 3 is 2.88 bits per heavy atom. The van der Waals surface area contributed by atoms with Gasteiger partial charge < -0.3 is 10.5 Å². The van der Waals surface area contributed by atoms with Crippen molar-refractivity contribution in [2.45, 2.75) is 25.7 Å². The minimum atomic E-state index is -4.40. The molecule has 2 N–H and O–H groups in total. The smallest absolute Gasteiger partial charge is 0.408 e. The summed E-state index contributed by atoms with van der Waals surface area (Å²) in [4.78, 5) is 9.58. The van der Waals surface area contributed by atoms with Gasteiger partial charge in [0.05, 0.1) is 25.0 Å². The highest BCUT2D eigenvalue weighted by Crippen LogP contribution is 2.41. The van der Waals surface area contributed by atoms with Crippen LogP contribution in [0.2, 0.25) is 0 Å². The van der Waals surface area contributed by atoms with E-state index in [1.807, 2.05) is 24.4 Å². The number of halogens is 3. The van der Waals surface area contributed by atoms with E-state index < -0.39 is 12.7 Å². The Morgan fingerprint density at radius 1 is 1.19 bits per heavy atom. The summed E-state index contributed by atoms with van der Waals surface area (Å²) < 4.78 is 47.2. The average Bonchev–Trinajstić information content (AvgIpc) is 3.46. The predicted octanol–water partition coefficient (Wildman–Crippen LogP) is 3.39. The number of nitrogens with zero attached hydrogens (tertiary/aromatic N) is 6. The third-order valence-corrected chi connectivity index (χ3v) is 6.09. The van der Waals surface area contributed by atoms with Crippen molar-refractivity contribution < 1.29 is 17.9 Å². The minimum Gasteiger partial charge on any atom is -0.492 e. The molecule has 5 rings (SSSR count). The lowest BCUT2D eigenvalue weighted by Gasteiger charge is -2.09. The molecular weight excluding hydrogens is 443 g/mol. The van der Waals surface area contributed by atoms with Crippen molar-refractivity contribution in [1.29, 1.82) is 0 Å². The third-order valence-electron chi connectivity index (χ3n) is 4.98. The van der Waals surface area contributed by atoms with E-state index in [1.165, 1.54) is 11.3 Å². The minimum absolute atomic E-state index is 0.104. The Balaban J connectivity index is 1.50. The molecule has 0 spiro atoms. The van der Waals surface area contributed by atoms with E-state index in [1.54, 1.807) is 10.9 Å². The maximum Gasteiger partial charge on any atom is 0.408 e. The molecule has 0 unspecified atom stereocenters. The standard InChI is InChI=1S/C20H18F3N7OS/c21-20(22,23)10-30-18(25-11-27-30)19-28-17-14-2-1-12(13-8-26-29(9-13)5-4-24)7-15(14)31-6-3-16(17)32-19/h1-2,7-9,11H,3-6,10,24H2. The molecule has 0 aliphatic carbocycles. The molecular formula is C20H18F3N7OS. The number of fused-ring (bicyclic) bond motifs is 3. The van der Waals surface area contributed by atoms with Crippen molar-refractivity contribution in [1.82, 2.24) is 29.5 Å². The normalized spacial score (nSPS) is 13.4. The second kappa shape index (κ2) is 8.02. The molecule has 0 amide bonds. The van der Waals surface area contributed by atoms with Crippen LogP contribution in [0, 0.1) is 0 Å². The van der Waals surface area contributed by atoms with Gasteiger partial charge in [0.15, 0.2) is 10.8 Å². The Kier molecular flexibility index (Phi) is 5.18. The maximum absolute atomic E-state index is 12.9. The Labute approximate surface area is 184 Å².